The van der Waals surface area contributed by atoms with Gasteiger partial charge in [0, 0.05) is 12.0 Å². The first-order valence-corrected chi connectivity index (χ1v) is 16.9. The number of aryl methyl sites for hydroxylation is 1. The summed E-state index contributed by atoms with van der Waals surface area (Å²) < 4.78 is 26.8. The zero-order chi connectivity index (χ0) is 35.4. The molecule has 0 saturated heterocycles. The number of carbonyl (C=O) groups excluding carboxylic acids is 3. The van der Waals surface area contributed by atoms with Crippen LogP contribution in [0.25, 0.3) is 0 Å². The summed E-state index contributed by atoms with van der Waals surface area (Å²) in [6, 6.07) is 27.6. The maximum absolute atomic E-state index is 14.8. The summed E-state index contributed by atoms with van der Waals surface area (Å²) >= 11 is 0. The van der Waals surface area contributed by atoms with E-state index in [1.165, 1.54) is 6.92 Å². The minimum Gasteiger partial charge on any atom is -0.415 e. The van der Waals surface area contributed by atoms with Crippen LogP contribution >= 0.6 is 7.60 Å². The van der Waals surface area contributed by atoms with Crippen molar-refractivity contribution in [2.45, 2.75) is 38.1 Å². The number of hydrogen-bond acceptors (Lipinski definition) is 8. The Kier molecular flexibility index (Phi) is 12.5. The van der Waals surface area contributed by atoms with Crippen LogP contribution in [-0.4, -0.2) is 53.3 Å². The Morgan fingerprint density at radius 1 is 0.796 bits per heavy atom. The number of guanidine groups is 1. The van der Waals surface area contributed by atoms with Gasteiger partial charge in [-0.2, -0.15) is 0 Å². The number of hydrogen-bond donors (Lipinski definition) is 6. The lowest BCUT2D eigenvalue weighted by atomic mass is 10.1. The molecule has 0 spiro atoms. The summed E-state index contributed by atoms with van der Waals surface area (Å²) in [6.45, 7) is 2.50. The number of nitrogens with zero attached hydrogens (tertiary/aromatic N) is 1. The van der Waals surface area contributed by atoms with Gasteiger partial charge >= 0.3 is 7.60 Å². The Hall–Kier alpha value is -5.65. The first-order chi connectivity index (χ1) is 23.5. The van der Waals surface area contributed by atoms with E-state index in [0.29, 0.717) is 16.8 Å². The molecule has 0 heterocycles. The van der Waals surface area contributed by atoms with Crippen LogP contribution < -0.4 is 36.5 Å². The van der Waals surface area contributed by atoms with Gasteiger partial charge < -0.3 is 41.6 Å². The highest BCUT2D eigenvalue weighted by Gasteiger charge is 2.41. The van der Waals surface area contributed by atoms with Crippen molar-refractivity contribution >= 4 is 37.0 Å². The molecule has 14 heteroatoms. The minimum atomic E-state index is -4.29. The second-order valence-electron chi connectivity index (χ2n) is 11.1. The fourth-order valence-electron chi connectivity index (χ4n) is 4.61. The van der Waals surface area contributed by atoms with E-state index in [1.807, 2.05) is 13.0 Å². The van der Waals surface area contributed by atoms with Gasteiger partial charge in [-0.3, -0.25) is 14.4 Å². The highest BCUT2D eigenvalue weighted by molar-refractivity contribution is 7.55. The molecule has 0 aliphatic carbocycles. The van der Waals surface area contributed by atoms with Crippen LogP contribution in [0.4, 0.5) is 5.69 Å². The van der Waals surface area contributed by atoms with Gasteiger partial charge in [0.1, 0.15) is 23.6 Å². The van der Waals surface area contributed by atoms with E-state index in [0.717, 1.165) is 5.56 Å². The largest absolute Gasteiger partial charge is 0.453 e. The number of aliphatic hydroxyl groups excluding tert-OH is 1. The van der Waals surface area contributed by atoms with Crippen molar-refractivity contribution in [1.29, 1.82) is 0 Å². The first-order valence-electron chi connectivity index (χ1n) is 15.3. The predicted octanol–water partition coefficient (Wildman–Crippen LogP) is 3.53. The van der Waals surface area contributed by atoms with E-state index in [4.69, 9.17) is 20.5 Å². The lowest BCUT2D eigenvalue weighted by molar-refractivity contribution is -0.130. The standard InChI is InChI=1S/C35H39N6O7P/c1-23-10-9-11-26(20-23)33(44)40-30(22-42)34(45)38-24(2)32(43)41-31(21-25-16-18-27(19-17-25)39-35(36)37)49(46,47-28-12-5-3-6-13-28)48-29-14-7-4-8-15-29/h3-20,24,30-31,42H,21-22H2,1-2H3,(H,38,45)(H,40,44)(H,41,43)(H4,36,37,39)/t24-,30+,31?/m0/s1. The minimum absolute atomic E-state index is 0.0305. The van der Waals surface area contributed by atoms with Gasteiger partial charge in [-0.15, -0.1) is 0 Å². The van der Waals surface area contributed by atoms with Crippen molar-refractivity contribution in [3.63, 3.8) is 0 Å². The topological polar surface area (TPSA) is 207 Å². The van der Waals surface area contributed by atoms with Crippen molar-refractivity contribution in [1.82, 2.24) is 16.0 Å². The monoisotopic (exact) mass is 686 g/mol. The molecule has 0 fully saturated rings. The number of rotatable bonds is 15. The Morgan fingerprint density at radius 3 is 1.92 bits per heavy atom. The summed E-state index contributed by atoms with van der Waals surface area (Å²) in [5.41, 5.74) is 13.2. The highest BCUT2D eigenvalue weighted by Crippen LogP contribution is 2.53. The number of aliphatic imine (C=N–C) groups is 1. The summed E-state index contributed by atoms with van der Waals surface area (Å²) in [5.74, 6) is -3.03. The van der Waals surface area contributed by atoms with Crippen LogP contribution in [0.1, 0.15) is 28.4 Å². The van der Waals surface area contributed by atoms with E-state index >= 15 is 0 Å². The van der Waals surface area contributed by atoms with Crippen LogP contribution in [0.2, 0.25) is 0 Å². The quantitative estimate of drug-likeness (QED) is 0.0613. The number of aliphatic hydroxyl groups is 1. The Balaban J connectivity index is 1.58. The third-order valence-corrected chi connectivity index (χ3v) is 9.11. The zero-order valence-corrected chi connectivity index (χ0v) is 27.9. The second kappa shape index (κ2) is 17.0. The van der Waals surface area contributed by atoms with Crippen molar-refractivity contribution < 1.29 is 33.1 Å². The van der Waals surface area contributed by atoms with E-state index in [2.05, 4.69) is 20.9 Å². The molecule has 256 valence electrons. The van der Waals surface area contributed by atoms with Crippen LogP contribution in [0, 0.1) is 6.92 Å². The Morgan fingerprint density at radius 2 is 1.39 bits per heavy atom. The molecular weight excluding hydrogens is 647 g/mol. The Labute approximate surface area is 284 Å². The van der Waals surface area contributed by atoms with E-state index < -0.39 is 49.8 Å². The van der Waals surface area contributed by atoms with E-state index in [1.54, 1.807) is 103 Å². The van der Waals surface area contributed by atoms with Crippen LogP contribution in [0.15, 0.2) is 114 Å². The molecule has 0 aromatic heterocycles. The second-order valence-corrected chi connectivity index (χ2v) is 13.2. The molecule has 3 amide bonds. The smallest absolute Gasteiger partial charge is 0.415 e. The molecule has 0 bridgehead atoms. The molecule has 13 nitrogen and oxygen atoms in total. The number of nitrogens with one attached hydrogen (secondary N) is 3. The van der Waals surface area contributed by atoms with Crippen molar-refractivity contribution in [3.05, 3.63) is 126 Å². The molecule has 4 rings (SSSR count). The summed E-state index contributed by atoms with van der Waals surface area (Å²) in [5, 5.41) is 17.6. The molecular formula is C35H39N6O7P. The summed E-state index contributed by atoms with van der Waals surface area (Å²) in [7, 11) is -4.29. The van der Waals surface area contributed by atoms with Gasteiger partial charge in [0.2, 0.25) is 11.8 Å². The Bertz CT molecular complexity index is 1760. The maximum Gasteiger partial charge on any atom is 0.453 e. The van der Waals surface area contributed by atoms with Crippen LogP contribution in [0.3, 0.4) is 0 Å². The molecule has 3 atom stereocenters. The van der Waals surface area contributed by atoms with Gasteiger partial charge in [-0.25, -0.2) is 9.56 Å². The van der Waals surface area contributed by atoms with Crippen molar-refractivity contribution in [2.24, 2.45) is 16.5 Å². The SMILES string of the molecule is Cc1cccc(C(=O)N[C@H](CO)C(=O)N[C@@H](C)C(=O)NC(Cc2ccc(N=C(N)N)cc2)P(=O)(Oc2ccccc2)Oc2ccccc2)c1. The van der Waals surface area contributed by atoms with Gasteiger partial charge in [0.15, 0.2) is 11.7 Å². The fraction of sp³-hybridized carbons (Fsp3) is 0.200. The molecule has 49 heavy (non-hydrogen) atoms. The van der Waals surface area contributed by atoms with Crippen LogP contribution in [-0.2, 0) is 20.6 Å². The molecule has 4 aromatic rings. The predicted molar refractivity (Wildman–Crippen MR) is 186 cm³/mol. The van der Waals surface area contributed by atoms with Gasteiger partial charge in [0.05, 0.1) is 12.3 Å². The number of para-hydroxylation sites is 2. The molecule has 0 saturated carbocycles. The number of amides is 3. The average molecular weight is 687 g/mol. The molecule has 1 unspecified atom stereocenters. The van der Waals surface area contributed by atoms with E-state index in [-0.39, 0.29) is 23.9 Å². The third-order valence-electron chi connectivity index (χ3n) is 7.10. The zero-order valence-electron chi connectivity index (χ0n) is 27.0. The van der Waals surface area contributed by atoms with Gasteiger partial charge in [-0.05, 0) is 67.9 Å². The maximum atomic E-state index is 14.8. The summed E-state index contributed by atoms with van der Waals surface area (Å²) in [4.78, 5) is 43.5. The third kappa shape index (κ3) is 10.7. The highest BCUT2D eigenvalue weighted by atomic mass is 31.2. The molecule has 0 aliphatic rings. The summed E-state index contributed by atoms with van der Waals surface area (Å²) in [6.07, 6.45) is -0.0305. The molecule has 0 aliphatic heterocycles. The lowest BCUT2D eigenvalue weighted by Crippen LogP contribution is -2.55. The number of carbonyl (C=O) groups is 3. The molecule has 4 aromatic carbocycles. The van der Waals surface area contributed by atoms with Crippen molar-refractivity contribution in [2.75, 3.05) is 6.61 Å². The lowest BCUT2D eigenvalue weighted by Gasteiger charge is -2.29. The number of benzene rings is 4. The van der Waals surface area contributed by atoms with Crippen molar-refractivity contribution in [3.8, 4) is 11.5 Å². The molecule has 0 radical (unpaired) electrons. The number of nitrogens with two attached hydrogens (primary N) is 2. The first kappa shape index (κ1) is 36.2. The molecule has 8 N–H and O–H groups in total. The van der Waals surface area contributed by atoms with Gasteiger partial charge in [-0.1, -0.05) is 66.2 Å². The normalized spacial score (nSPS) is 12.8. The average Bonchev–Trinajstić information content (AvgIpc) is 3.08. The van der Waals surface area contributed by atoms with E-state index in [9.17, 15) is 24.1 Å². The van der Waals surface area contributed by atoms with Gasteiger partial charge in [0.25, 0.3) is 5.91 Å². The fourth-order valence-corrected chi connectivity index (χ4v) is 6.46. The van der Waals surface area contributed by atoms with Crippen LogP contribution in [0.5, 0.6) is 11.5 Å².